The van der Waals surface area contributed by atoms with Crippen molar-refractivity contribution in [2.45, 2.75) is 39.8 Å². The van der Waals surface area contributed by atoms with Gasteiger partial charge in [0.25, 0.3) is 0 Å². The van der Waals surface area contributed by atoms with E-state index >= 15 is 0 Å². The molecule has 9 heteroatoms. The lowest BCUT2D eigenvalue weighted by Gasteiger charge is -2.33. The van der Waals surface area contributed by atoms with Gasteiger partial charge in [-0.25, -0.2) is 8.42 Å². The van der Waals surface area contributed by atoms with E-state index in [0.717, 1.165) is 37.3 Å². The largest absolute Gasteiger partial charge is 0.355 e. The van der Waals surface area contributed by atoms with Crippen LogP contribution in [0.15, 0.2) is 77.3 Å². The molecule has 38 heavy (non-hydrogen) atoms. The van der Waals surface area contributed by atoms with Crippen LogP contribution in [0.25, 0.3) is 0 Å². The first-order chi connectivity index (χ1) is 18.0. The summed E-state index contributed by atoms with van der Waals surface area (Å²) >= 11 is 3.47. The summed E-state index contributed by atoms with van der Waals surface area (Å²) in [4.78, 5) is 28.8. The smallest absolute Gasteiger partial charge is 0.244 e. The molecule has 3 aromatic carbocycles. The van der Waals surface area contributed by atoms with Gasteiger partial charge in [-0.15, -0.1) is 0 Å². The van der Waals surface area contributed by atoms with Gasteiger partial charge < -0.3 is 10.2 Å². The number of halogens is 1. The molecule has 0 heterocycles. The van der Waals surface area contributed by atoms with Crippen molar-refractivity contribution in [2.24, 2.45) is 0 Å². The third-order valence-electron chi connectivity index (χ3n) is 6.16. The number of rotatable bonds is 11. The fraction of sp³-hybridized carbons (Fsp3) is 0.310. The molecule has 1 atom stereocenters. The maximum atomic E-state index is 14.0. The average molecular weight is 601 g/mol. The first-order valence-electron chi connectivity index (χ1n) is 12.4. The van der Waals surface area contributed by atoms with Crippen molar-refractivity contribution < 1.29 is 18.0 Å². The van der Waals surface area contributed by atoms with Crippen LogP contribution in [-0.2, 0) is 32.6 Å². The number of carbonyl (C=O) groups is 2. The molecule has 2 amide bonds. The highest BCUT2D eigenvalue weighted by Gasteiger charge is 2.33. The van der Waals surface area contributed by atoms with Crippen LogP contribution in [0.4, 0.5) is 5.69 Å². The molecule has 0 saturated heterocycles. The number of aryl methyl sites for hydroxylation is 2. The fourth-order valence-electron chi connectivity index (χ4n) is 4.36. The Balaban J connectivity index is 2.06. The van der Waals surface area contributed by atoms with Crippen molar-refractivity contribution >= 4 is 43.5 Å². The second kappa shape index (κ2) is 13.1. The van der Waals surface area contributed by atoms with Crippen molar-refractivity contribution in [3.63, 3.8) is 0 Å². The highest BCUT2D eigenvalue weighted by Crippen LogP contribution is 2.25. The number of likely N-dealkylation sites (N-methyl/N-ethyl adjacent to an activating group) is 1. The summed E-state index contributed by atoms with van der Waals surface area (Å²) in [6.07, 6.45) is 1.37. The number of hydrogen-bond acceptors (Lipinski definition) is 4. The molecule has 1 N–H and O–H groups in total. The Kier molecular flexibility index (Phi) is 10.1. The number of amides is 2. The molecule has 0 aliphatic rings. The molecule has 0 aliphatic heterocycles. The van der Waals surface area contributed by atoms with E-state index in [9.17, 15) is 18.0 Å². The zero-order valence-corrected chi connectivity index (χ0v) is 24.6. The monoisotopic (exact) mass is 599 g/mol. The van der Waals surface area contributed by atoms with Gasteiger partial charge in [-0.05, 0) is 55.7 Å². The third-order valence-corrected chi connectivity index (χ3v) is 7.78. The number of hydrogen-bond donors (Lipinski definition) is 1. The zero-order valence-electron chi connectivity index (χ0n) is 22.1. The second-order valence-corrected chi connectivity index (χ2v) is 12.1. The molecular weight excluding hydrogens is 566 g/mol. The van der Waals surface area contributed by atoms with E-state index in [4.69, 9.17) is 0 Å². The minimum Gasteiger partial charge on any atom is -0.355 e. The van der Waals surface area contributed by atoms with Crippen LogP contribution in [0, 0.1) is 13.8 Å². The molecule has 0 aromatic heterocycles. The third kappa shape index (κ3) is 7.91. The van der Waals surface area contributed by atoms with Gasteiger partial charge in [-0.2, -0.15) is 0 Å². The summed E-state index contributed by atoms with van der Waals surface area (Å²) in [5.41, 5.74) is 3.87. The van der Waals surface area contributed by atoms with Gasteiger partial charge in [-0.1, -0.05) is 76.1 Å². The van der Waals surface area contributed by atoms with Crippen LogP contribution in [0.3, 0.4) is 0 Å². The van der Waals surface area contributed by atoms with Crippen molar-refractivity contribution in [3.05, 3.63) is 99.5 Å². The quantitative estimate of drug-likeness (QED) is 0.349. The summed E-state index contributed by atoms with van der Waals surface area (Å²) in [5.74, 6) is -0.764. The van der Waals surface area contributed by atoms with Crippen molar-refractivity contribution in [3.8, 4) is 0 Å². The normalized spacial score (nSPS) is 12.0. The minimum atomic E-state index is -3.80. The van der Waals surface area contributed by atoms with E-state index in [-0.39, 0.29) is 18.9 Å². The van der Waals surface area contributed by atoms with Gasteiger partial charge in [0.1, 0.15) is 12.6 Å². The van der Waals surface area contributed by atoms with Crippen LogP contribution >= 0.6 is 15.9 Å². The van der Waals surface area contributed by atoms with E-state index in [1.165, 1.54) is 4.90 Å². The lowest BCUT2D eigenvalue weighted by Crippen LogP contribution is -2.53. The molecule has 0 aliphatic carbocycles. The number of anilines is 1. The average Bonchev–Trinajstić information content (AvgIpc) is 2.85. The van der Waals surface area contributed by atoms with E-state index in [1.807, 2.05) is 87.5 Å². The van der Waals surface area contributed by atoms with E-state index in [1.54, 1.807) is 6.07 Å². The van der Waals surface area contributed by atoms with Gasteiger partial charge in [0, 0.05) is 24.0 Å². The maximum absolute atomic E-state index is 14.0. The number of carbonyl (C=O) groups excluding carboxylic acids is 2. The topological polar surface area (TPSA) is 86.8 Å². The Morgan fingerprint density at radius 3 is 2.24 bits per heavy atom. The summed E-state index contributed by atoms with van der Waals surface area (Å²) in [6.45, 7) is 5.67. The van der Waals surface area contributed by atoms with Crippen molar-refractivity contribution in [1.82, 2.24) is 10.2 Å². The molecule has 0 fully saturated rings. The van der Waals surface area contributed by atoms with Gasteiger partial charge in [0.2, 0.25) is 21.8 Å². The summed E-state index contributed by atoms with van der Waals surface area (Å²) in [6, 6.07) is 21.5. The highest BCUT2D eigenvalue weighted by atomic mass is 79.9. The summed E-state index contributed by atoms with van der Waals surface area (Å²) in [7, 11) is -3.80. The second-order valence-electron chi connectivity index (χ2n) is 9.31. The number of nitrogens with zero attached hydrogens (tertiary/aromatic N) is 2. The lowest BCUT2D eigenvalue weighted by molar-refractivity contribution is -0.140. The van der Waals surface area contributed by atoms with Crippen molar-refractivity contribution in [2.75, 3.05) is 23.7 Å². The van der Waals surface area contributed by atoms with Gasteiger partial charge in [-0.3, -0.25) is 13.9 Å². The molecule has 0 bridgehead atoms. The molecule has 0 unspecified atom stereocenters. The first kappa shape index (κ1) is 29.4. The molecule has 7 nitrogen and oxygen atoms in total. The van der Waals surface area contributed by atoms with E-state index < -0.39 is 28.5 Å². The highest BCUT2D eigenvalue weighted by molar-refractivity contribution is 9.10. The Bertz CT molecular complexity index is 1380. The SMILES string of the molecule is CCNC(=O)[C@@H](Cc1ccccc1)N(Cc1cccc(Br)c1)C(=O)CN(c1ccc(C)cc1C)S(C)(=O)=O. The predicted octanol–water partition coefficient (Wildman–Crippen LogP) is 4.61. The Hall–Kier alpha value is -3.17. The van der Waals surface area contributed by atoms with Crippen molar-refractivity contribution in [1.29, 1.82) is 0 Å². The van der Waals surface area contributed by atoms with E-state index in [0.29, 0.717) is 12.2 Å². The molecule has 3 aromatic rings. The number of nitrogens with one attached hydrogen (secondary N) is 1. The molecular formula is C29H34BrN3O4S. The fourth-order valence-corrected chi connectivity index (χ4v) is 5.71. The molecule has 0 spiro atoms. The molecule has 202 valence electrons. The van der Waals surface area contributed by atoms with Gasteiger partial charge in [0.15, 0.2) is 0 Å². The molecule has 0 radical (unpaired) electrons. The van der Waals surface area contributed by atoms with Crippen LogP contribution in [-0.4, -0.2) is 50.5 Å². The van der Waals surface area contributed by atoms with Crippen LogP contribution < -0.4 is 9.62 Å². The molecule has 3 rings (SSSR count). The zero-order chi connectivity index (χ0) is 27.9. The lowest BCUT2D eigenvalue weighted by atomic mass is 10.0. The standard InChI is InChI=1S/C29H34BrN3O4S/c1-5-31-29(35)27(18-23-10-7-6-8-11-23)32(19-24-12-9-13-25(30)17-24)28(34)20-33(38(4,36)37)26-15-14-21(2)16-22(26)3/h6-17,27H,5,18-20H2,1-4H3,(H,31,35)/t27-/m1/s1. The predicted molar refractivity (Wildman–Crippen MR) is 155 cm³/mol. The Labute approximate surface area is 234 Å². The van der Waals surface area contributed by atoms with Crippen LogP contribution in [0.2, 0.25) is 0 Å². The summed E-state index contributed by atoms with van der Waals surface area (Å²) < 4.78 is 27.8. The first-order valence-corrected chi connectivity index (χ1v) is 15.0. The Morgan fingerprint density at radius 1 is 0.947 bits per heavy atom. The summed E-state index contributed by atoms with van der Waals surface area (Å²) in [5, 5.41) is 2.86. The number of benzene rings is 3. The van der Waals surface area contributed by atoms with Crippen LogP contribution in [0.1, 0.15) is 29.2 Å². The van der Waals surface area contributed by atoms with E-state index in [2.05, 4.69) is 21.2 Å². The minimum absolute atomic E-state index is 0.136. The Morgan fingerprint density at radius 2 is 1.63 bits per heavy atom. The maximum Gasteiger partial charge on any atom is 0.244 e. The van der Waals surface area contributed by atoms with Crippen LogP contribution in [0.5, 0.6) is 0 Å². The molecule has 0 saturated carbocycles. The van der Waals surface area contributed by atoms with Gasteiger partial charge >= 0.3 is 0 Å². The van der Waals surface area contributed by atoms with Gasteiger partial charge in [0.05, 0.1) is 11.9 Å². The number of sulfonamides is 1.